The average molecular weight is 399 g/mol. The van der Waals surface area contributed by atoms with Crippen molar-refractivity contribution >= 4 is 15.8 Å². The van der Waals surface area contributed by atoms with E-state index in [2.05, 4.69) is 5.16 Å². The number of carbonyl (C=O) groups is 1. The number of nitrogens with zero attached hydrogens (tertiary/aromatic N) is 1. The van der Waals surface area contributed by atoms with Gasteiger partial charge in [0.25, 0.3) is 0 Å². The van der Waals surface area contributed by atoms with Crippen molar-refractivity contribution in [3.63, 3.8) is 0 Å². The van der Waals surface area contributed by atoms with Gasteiger partial charge in [-0.25, -0.2) is 8.42 Å². The van der Waals surface area contributed by atoms with E-state index < -0.39 is 21.1 Å². The summed E-state index contributed by atoms with van der Waals surface area (Å²) < 4.78 is 34.7. The molecule has 0 amide bonds. The van der Waals surface area contributed by atoms with Crippen LogP contribution in [-0.4, -0.2) is 24.8 Å². The van der Waals surface area contributed by atoms with Crippen molar-refractivity contribution in [3.05, 3.63) is 71.9 Å². The Balaban J connectivity index is 1.56. The van der Waals surface area contributed by atoms with E-state index in [1.165, 1.54) is 12.1 Å². The quantitative estimate of drug-likeness (QED) is 0.562. The normalized spacial score (nSPS) is 11.5. The van der Waals surface area contributed by atoms with Gasteiger partial charge in [-0.1, -0.05) is 47.6 Å². The largest absolute Gasteiger partial charge is 0.459 e. The standard InChI is InChI=1S/C21H21NO5S/c1-15(2)28(24,25)19-10-8-16(9-11-19)12-21(23)26-14-18-13-20(27-22-18)17-6-4-3-5-7-17/h3-11,13,15H,12,14H2,1-2H3. The van der Waals surface area contributed by atoms with Crippen LogP contribution >= 0.6 is 0 Å². The third kappa shape index (κ3) is 4.67. The highest BCUT2D eigenvalue weighted by Crippen LogP contribution is 2.20. The molecule has 1 aromatic heterocycles. The zero-order valence-corrected chi connectivity index (χ0v) is 16.5. The van der Waals surface area contributed by atoms with Gasteiger partial charge < -0.3 is 9.26 Å². The van der Waals surface area contributed by atoms with Crippen LogP contribution < -0.4 is 0 Å². The SMILES string of the molecule is CC(C)S(=O)(=O)c1ccc(CC(=O)OCc2cc(-c3ccccc3)on2)cc1. The first-order chi connectivity index (χ1) is 13.4. The number of aromatic nitrogens is 1. The van der Waals surface area contributed by atoms with E-state index in [1.807, 2.05) is 30.3 Å². The summed E-state index contributed by atoms with van der Waals surface area (Å²) in [6, 6.07) is 17.5. The van der Waals surface area contributed by atoms with Gasteiger partial charge in [-0.05, 0) is 31.5 Å². The summed E-state index contributed by atoms with van der Waals surface area (Å²) in [6.45, 7) is 3.27. The summed E-state index contributed by atoms with van der Waals surface area (Å²) in [7, 11) is -3.32. The number of esters is 1. The molecule has 0 unspecified atom stereocenters. The van der Waals surface area contributed by atoms with E-state index in [4.69, 9.17) is 9.26 Å². The Morgan fingerprint density at radius 1 is 1.07 bits per heavy atom. The van der Waals surface area contributed by atoms with Crippen LogP contribution in [0.5, 0.6) is 0 Å². The Labute approximate surface area is 164 Å². The van der Waals surface area contributed by atoms with Gasteiger partial charge >= 0.3 is 5.97 Å². The molecule has 0 aliphatic heterocycles. The first-order valence-corrected chi connectivity index (χ1v) is 10.4. The summed E-state index contributed by atoms with van der Waals surface area (Å²) in [5, 5.41) is 3.41. The highest BCUT2D eigenvalue weighted by molar-refractivity contribution is 7.92. The van der Waals surface area contributed by atoms with E-state index in [9.17, 15) is 13.2 Å². The molecule has 28 heavy (non-hydrogen) atoms. The molecule has 3 rings (SSSR count). The van der Waals surface area contributed by atoms with Crippen molar-refractivity contribution < 1.29 is 22.5 Å². The molecule has 2 aromatic carbocycles. The smallest absolute Gasteiger partial charge is 0.310 e. The topological polar surface area (TPSA) is 86.5 Å². The van der Waals surface area contributed by atoms with Gasteiger partial charge in [0.05, 0.1) is 16.6 Å². The second kappa shape index (κ2) is 8.39. The number of benzene rings is 2. The van der Waals surface area contributed by atoms with Crippen LogP contribution in [0.2, 0.25) is 0 Å². The Morgan fingerprint density at radius 3 is 2.39 bits per heavy atom. The van der Waals surface area contributed by atoms with Crippen LogP contribution in [0.3, 0.4) is 0 Å². The van der Waals surface area contributed by atoms with Crippen molar-refractivity contribution in [2.45, 2.75) is 37.0 Å². The fourth-order valence-electron chi connectivity index (χ4n) is 2.56. The number of carbonyl (C=O) groups excluding carboxylic acids is 1. The maximum absolute atomic E-state index is 12.1. The summed E-state index contributed by atoms with van der Waals surface area (Å²) in [5.74, 6) is 0.178. The number of hydrogen-bond acceptors (Lipinski definition) is 6. The molecule has 0 radical (unpaired) electrons. The molecule has 3 aromatic rings. The third-order valence-electron chi connectivity index (χ3n) is 4.22. The maximum atomic E-state index is 12.1. The van der Waals surface area contributed by atoms with Gasteiger partial charge in [-0.3, -0.25) is 4.79 Å². The monoisotopic (exact) mass is 399 g/mol. The minimum Gasteiger partial charge on any atom is -0.459 e. The van der Waals surface area contributed by atoms with Gasteiger partial charge in [0.1, 0.15) is 12.3 Å². The Bertz CT molecular complexity index is 1040. The Morgan fingerprint density at radius 2 is 1.75 bits per heavy atom. The maximum Gasteiger partial charge on any atom is 0.310 e. The average Bonchev–Trinajstić information content (AvgIpc) is 3.16. The van der Waals surface area contributed by atoms with Gasteiger partial charge in [-0.15, -0.1) is 0 Å². The molecule has 0 aliphatic rings. The van der Waals surface area contributed by atoms with Crippen molar-refractivity contribution in [1.82, 2.24) is 5.16 Å². The summed E-state index contributed by atoms with van der Waals surface area (Å²) in [6.07, 6.45) is 0.0470. The molecular weight excluding hydrogens is 378 g/mol. The van der Waals surface area contributed by atoms with E-state index in [-0.39, 0.29) is 17.9 Å². The van der Waals surface area contributed by atoms with Gasteiger partial charge in [0.15, 0.2) is 15.6 Å². The Hall–Kier alpha value is -2.93. The van der Waals surface area contributed by atoms with E-state index in [0.29, 0.717) is 17.0 Å². The van der Waals surface area contributed by atoms with Crippen LogP contribution in [0, 0.1) is 0 Å². The minimum atomic E-state index is -3.32. The molecule has 1 heterocycles. The molecular formula is C21H21NO5S. The molecule has 6 nitrogen and oxygen atoms in total. The van der Waals surface area contributed by atoms with Crippen molar-refractivity contribution in [2.75, 3.05) is 0 Å². The van der Waals surface area contributed by atoms with Crippen LogP contribution in [0.15, 0.2) is 70.1 Å². The molecule has 0 spiro atoms. The van der Waals surface area contributed by atoms with Crippen LogP contribution in [0.1, 0.15) is 25.1 Å². The van der Waals surface area contributed by atoms with Crippen LogP contribution in [0.4, 0.5) is 0 Å². The van der Waals surface area contributed by atoms with Crippen LogP contribution in [0.25, 0.3) is 11.3 Å². The van der Waals surface area contributed by atoms with E-state index in [0.717, 1.165) is 5.56 Å². The predicted molar refractivity (Wildman–Crippen MR) is 104 cm³/mol. The molecule has 0 saturated heterocycles. The number of rotatable bonds is 7. The number of hydrogen-bond donors (Lipinski definition) is 0. The van der Waals surface area contributed by atoms with Crippen molar-refractivity contribution in [2.24, 2.45) is 0 Å². The minimum absolute atomic E-state index is 0.00891. The summed E-state index contributed by atoms with van der Waals surface area (Å²) in [5.41, 5.74) is 2.09. The van der Waals surface area contributed by atoms with Gasteiger partial charge in [0.2, 0.25) is 0 Å². The lowest BCUT2D eigenvalue weighted by molar-refractivity contribution is -0.144. The highest BCUT2D eigenvalue weighted by atomic mass is 32.2. The lowest BCUT2D eigenvalue weighted by Gasteiger charge is -2.08. The lowest BCUT2D eigenvalue weighted by Crippen LogP contribution is -2.14. The van der Waals surface area contributed by atoms with Crippen molar-refractivity contribution in [3.8, 4) is 11.3 Å². The zero-order chi connectivity index (χ0) is 20.1. The summed E-state index contributed by atoms with van der Waals surface area (Å²) in [4.78, 5) is 12.3. The van der Waals surface area contributed by atoms with E-state index >= 15 is 0 Å². The zero-order valence-electron chi connectivity index (χ0n) is 15.7. The molecule has 7 heteroatoms. The van der Waals surface area contributed by atoms with E-state index in [1.54, 1.807) is 32.0 Å². The van der Waals surface area contributed by atoms with Gasteiger partial charge in [-0.2, -0.15) is 0 Å². The molecule has 0 bridgehead atoms. The second-order valence-corrected chi connectivity index (χ2v) is 9.13. The Kier molecular flexibility index (Phi) is 5.94. The third-order valence-corrected chi connectivity index (χ3v) is 6.39. The lowest BCUT2D eigenvalue weighted by atomic mass is 10.1. The number of ether oxygens (including phenoxy) is 1. The predicted octanol–water partition coefficient (Wildman–Crippen LogP) is 3.81. The summed E-state index contributed by atoms with van der Waals surface area (Å²) >= 11 is 0. The van der Waals surface area contributed by atoms with Gasteiger partial charge in [0, 0.05) is 11.6 Å². The van der Waals surface area contributed by atoms with Crippen molar-refractivity contribution in [1.29, 1.82) is 0 Å². The molecule has 0 saturated carbocycles. The highest BCUT2D eigenvalue weighted by Gasteiger charge is 2.19. The first-order valence-electron chi connectivity index (χ1n) is 8.86. The fraction of sp³-hybridized carbons (Fsp3) is 0.238. The molecule has 0 aliphatic carbocycles. The molecule has 0 fully saturated rings. The second-order valence-electron chi connectivity index (χ2n) is 6.62. The fourth-order valence-corrected chi connectivity index (χ4v) is 3.62. The first kappa shape index (κ1) is 19.8. The molecule has 0 N–H and O–H groups in total. The van der Waals surface area contributed by atoms with Crippen LogP contribution in [-0.2, 0) is 32.4 Å². The molecule has 0 atom stereocenters. The molecule has 146 valence electrons. The number of sulfone groups is 1.